The van der Waals surface area contributed by atoms with Crippen LogP contribution in [0.25, 0.3) is 0 Å². The van der Waals surface area contributed by atoms with Crippen LogP contribution in [0, 0.1) is 0 Å². The fourth-order valence-electron chi connectivity index (χ4n) is 3.01. The Labute approximate surface area is 163 Å². The second-order valence-corrected chi connectivity index (χ2v) is 7.33. The molecule has 0 saturated carbocycles. The molecule has 0 unspecified atom stereocenters. The molecule has 142 valence electrons. The van der Waals surface area contributed by atoms with Crippen LogP contribution in [0.3, 0.4) is 0 Å². The minimum absolute atomic E-state index is 0.00281. The topological polar surface area (TPSA) is 75.9 Å². The first-order valence-electron chi connectivity index (χ1n) is 8.78. The smallest absolute Gasteiger partial charge is 0.246 e. The van der Waals surface area contributed by atoms with Gasteiger partial charge < -0.3 is 20.3 Å². The van der Waals surface area contributed by atoms with Crippen molar-refractivity contribution in [2.45, 2.75) is 11.3 Å². The number of benzene rings is 2. The summed E-state index contributed by atoms with van der Waals surface area (Å²) in [5, 5.41) is 0. The molecule has 7 heteroatoms. The third kappa shape index (κ3) is 4.74. The van der Waals surface area contributed by atoms with Crippen LogP contribution in [-0.4, -0.2) is 44.3 Å². The van der Waals surface area contributed by atoms with Crippen LogP contribution in [0.1, 0.15) is 6.42 Å². The van der Waals surface area contributed by atoms with E-state index >= 15 is 0 Å². The lowest BCUT2D eigenvalue weighted by atomic mass is 10.2. The van der Waals surface area contributed by atoms with E-state index in [0.29, 0.717) is 13.1 Å². The highest BCUT2D eigenvalue weighted by molar-refractivity contribution is 7.99. The molecule has 0 aliphatic carbocycles. The zero-order chi connectivity index (χ0) is 19.2. The first-order chi connectivity index (χ1) is 13.1. The minimum Gasteiger partial charge on any atom is -0.497 e. The van der Waals surface area contributed by atoms with Crippen molar-refractivity contribution >= 4 is 35.0 Å². The fourth-order valence-corrected chi connectivity index (χ4v) is 4.01. The van der Waals surface area contributed by atoms with Gasteiger partial charge in [0.05, 0.1) is 19.3 Å². The zero-order valence-electron chi connectivity index (χ0n) is 15.3. The molecule has 2 N–H and O–H groups in total. The number of methoxy groups -OCH3 is 1. The number of hydrogen-bond acceptors (Lipinski definition) is 5. The summed E-state index contributed by atoms with van der Waals surface area (Å²) in [6.07, 6.45) is 0.186. The Bertz CT molecular complexity index is 810. The fraction of sp³-hybridized carbons (Fsp3) is 0.300. The Hall–Kier alpha value is -2.67. The Balaban J connectivity index is 1.79. The van der Waals surface area contributed by atoms with Crippen LogP contribution in [0.4, 0.5) is 11.4 Å². The van der Waals surface area contributed by atoms with Crippen molar-refractivity contribution in [3.8, 4) is 5.75 Å². The van der Waals surface area contributed by atoms with Gasteiger partial charge in [-0.15, -0.1) is 11.8 Å². The summed E-state index contributed by atoms with van der Waals surface area (Å²) in [4.78, 5) is 29.1. The van der Waals surface area contributed by atoms with E-state index in [4.69, 9.17) is 10.5 Å². The number of nitrogens with two attached hydrogens (primary N) is 1. The Morgan fingerprint density at radius 1 is 1.19 bits per heavy atom. The number of anilines is 2. The van der Waals surface area contributed by atoms with Gasteiger partial charge in [0.1, 0.15) is 5.75 Å². The molecule has 1 heterocycles. The number of primary amides is 1. The number of carbonyl (C=O) groups excluding carboxylic acids is 2. The Kier molecular flexibility index (Phi) is 6.24. The number of rotatable bonds is 7. The Morgan fingerprint density at radius 3 is 2.63 bits per heavy atom. The number of amides is 2. The number of ether oxygens (including phenoxy) is 1. The molecular formula is C20H23N3O3S. The summed E-state index contributed by atoms with van der Waals surface area (Å²) >= 11 is 1.76. The van der Waals surface area contributed by atoms with E-state index in [-0.39, 0.29) is 24.8 Å². The van der Waals surface area contributed by atoms with Crippen LogP contribution in [0.2, 0.25) is 0 Å². The Morgan fingerprint density at radius 2 is 1.93 bits per heavy atom. The summed E-state index contributed by atoms with van der Waals surface area (Å²) < 4.78 is 5.19. The highest BCUT2D eigenvalue weighted by Gasteiger charge is 2.24. The number of para-hydroxylation sites is 1. The van der Waals surface area contributed by atoms with E-state index in [9.17, 15) is 9.59 Å². The first-order valence-corrected chi connectivity index (χ1v) is 9.76. The molecule has 6 nitrogen and oxygen atoms in total. The maximum absolute atomic E-state index is 13.0. The second-order valence-electron chi connectivity index (χ2n) is 6.20. The van der Waals surface area contributed by atoms with E-state index in [2.05, 4.69) is 0 Å². The van der Waals surface area contributed by atoms with Gasteiger partial charge in [0.2, 0.25) is 11.8 Å². The summed E-state index contributed by atoms with van der Waals surface area (Å²) in [7, 11) is 1.61. The summed E-state index contributed by atoms with van der Waals surface area (Å²) in [5.74, 6) is 1.22. The quantitative estimate of drug-likeness (QED) is 0.793. The molecule has 0 aromatic heterocycles. The molecule has 1 aliphatic rings. The second kappa shape index (κ2) is 8.81. The van der Waals surface area contributed by atoms with Crippen molar-refractivity contribution in [3.63, 3.8) is 0 Å². The van der Waals surface area contributed by atoms with Crippen molar-refractivity contribution in [1.29, 1.82) is 0 Å². The van der Waals surface area contributed by atoms with Crippen LogP contribution in [-0.2, 0) is 9.59 Å². The van der Waals surface area contributed by atoms with Crippen LogP contribution < -0.4 is 20.3 Å². The van der Waals surface area contributed by atoms with Gasteiger partial charge in [-0.05, 0) is 36.4 Å². The van der Waals surface area contributed by atoms with Crippen molar-refractivity contribution in [1.82, 2.24) is 0 Å². The van der Waals surface area contributed by atoms with Gasteiger partial charge in [-0.25, -0.2) is 0 Å². The SMILES string of the molecule is COc1ccc(N(CCC(N)=O)CC(=O)N2CCSc3ccccc32)cc1. The molecule has 2 aromatic carbocycles. The normalized spacial score (nSPS) is 13.0. The van der Waals surface area contributed by atoms with E-state index < -0.39 is 0 Å². The molecule has 0 fully saturated rings. The molecule has 0 radical (unpaired) electrons. The maximum atomic E-state index is 13.0. The molecule has 2 amide bonds. The molecule has 1 aliphatic heterocycles. The third-order valence-corrected chi connectivity index (χ3v) is 5.46. The van der Waals surface area contributed by atoms with E-state index in [1.807, 2.05) is 58.3 Å². The van der Waals surface area contributed by atoms with Crippen LogP contribution in [0.15, 0.2) is 53.4 Å². The van der Waals surface area contributed by atoms with Gasteiger partial charge >= 0.3 is 0 Å². The van der Waals surface area contributed by atoms with Gasteiger partial charge in [0.15, 0.2) is 0 Å². The lowest BCUT2D eigenvalue weighted by molar-refractivity contribution is -0.119. The molecule has 2 aromatic rings. The van der Waals surface area contributed by atoms with Gasteiger partial charge in [0, 0.05) is 35.8 Å². The van der Waals surface area contributed by atoms with E-state index in [1.165, 1.54) is 0 Å². The van der Waals surface area contributed by atoms with Crippen molar-refractivity contribution in [2.75, 3.05) is 42.3 Å². The average Bonchev–Trinajstić information content (AvgIpc) is 2.70. The standard InChI is InChI=1S/C20H23N3O3S/c1-26-16-8-6-15(7-9-16)22(11-10-19(21)24)14-20(25)23-12-13-27-18-5-3-2-4-17(18)23/h2-9H,10-14H2,1H3,(H2,21,24). The lowest BCUT2D eigenvalue weighted by Gasteiger charge is -2.32. The lowest BCUT2D eigenvalue weighted by Crippen LogP contribution is -2.43. The minimum atomic E-state index is -0.388. The largest absolute Gasteiger partial charge is 0.497 e. The average molecular weight is 385 g/mol. The summed E-state index contributed by atoms with van der Waals surface area (Å²) in [5.41, 5.74) is 7.12. The molecular weight excluding hydrogens is 362 g/mol. The van der Waals surface area contributed by atoms with Crippen LogP contribution >= 0.6 is 11.8 Å². The van der Waals surface area contributed by atoms with E-state index in [0.717, 1.165) is 27.8 Å². The molecule has 0 bridgehead atoms. The van der Waals surface area contributed by atoms with Gasteiger partial charge in [-0.2, -0.15) is 0 Å². The molecule has 27 heavy (non-hydrogen) atoms. The highest BCUT2D eigenvalue weighted by atomic mass is 32.2. The number of carbonyl (C=O) groups is 2. The van der Waals surface area contributed by atoms with E-state index in [1.54, 1.807) is 18.9 Å². The molecule has 0 atom stereocenters. The molecule has 0 spiro atoms. The van der Waals surface area contributed by atoms with Gasteiger partial charge in [0.25, 0.3) is 0 Å². The van der Waals surface area contributed by atoms with Gasteiger partial charge in [-0.3, -0.25) is 9.59 Å². The predicted molar refractivity (Wildman–Crippen MR) is 109 cm³/mol. The number of nitrogens with zero attached hydrogens (tertiary/aromatic N) is 2. The number of fused-ring (bicyclic) bond motifs is 1. The number of hydrogen-bond donors (Lipinski definition) is 1. The maximum Gasteiger partial charge on any atom is 0.246 e. The van der Waals surface area contributed by atoms with Crippen molar-refractivity contribution in [2.24, 2.45) is 5.73 Å². The first kappa shape index (κ1) is 19.1. The third-order valence-electron chi connectivity index (χ3n) is 4.42. The van der Waals surface area contributed by atoms with Crippen molar-refractivity contribution in [3.05, 3.63) is 48.5 Å². The monoisotopic (exact) mass is 385 g/mol. The summed E-state index contributed by atoms with van der Waals surface area (Å²) in [6.45, 7) is 1.24. The van der Waals surface area contributed by atoms with Gasteiger partial charge in [-0.1, -0.05) is 12.1 Å². The van der Waals surface area contributed by atoms with Crippen molar-refractivity contribution < 1.29 is 14.3 Å². The number of thioether (sulfide) groups is 1. The molecule has 3 rings (SSSR count). The van der Waals surface area contributed by atoms with Crippen LogP contribution in [0.5, 0.6) is 5.75 Å². The highest BCUT2D eigenvalue weighted by Crippen LogP contribution is 2.34. The zero-order valence-corrected chi connectivity index (χ0v) is 16.1. The summed E-state index contributed by atoms with van der Waals surface area (Å²) in [6, 6.07) is 15.4. The predicted octanol–water partition coefficient (Wildman–Crippen LogP) is 2.52. The molecule has 0 saturated heterocycles.